The van der Waals surface area contributed by atoms with E-state index in [2.05, 4.69) is 24.1 Å². The molecule has 6 heteroatoms. The molecule has 2 aromatic rings. The summed E-state index contributed by atoms with van der Waals surface area (Å²) in [5.41, 5.74) is 7.23. The van der Waals surface area contributed by atoms with E-state index in [9.17, 15) is 4.79 Å². The second kappa shape index (κ2) is 6.19. The summed E-state index contributed by atoms with van der Waals surface area (Å²) in [7, 11) is 0. The second-order valence-corrected chi connectivity index (χ2v) is 6.09. The van der Waals surface area contributed by atoms with Crippen molar-refractivity contribution in [2.75, 3.05) is 17.7 Å². The standard InChI is InChI=1S/C14H19N3O2S/c1-8(2)9(3)19-7-13(18)17-14-16-11-5-4-10(15)6-12(11)20-14/h4-6,8-9H,7,15H2,1-3H3,(H,16,17,18). The number of fused-ring (bicyclic) bond motifs is 1. The second-order valence-electron chi connectivity index (χ2n) is 5.05. The Morgan fingerprint density at radius 2 is 2.20 bits per heavy atom. The van der Waals surface area contributed by atoms with E-state index >= 15 is 0 Å². The Morgan fingerprint density at radius 1 is 1.45 bits per heavy atom. The number of ether oxygens (including phenoxy) is 1. The quantitative estimate of drug-likeness (QED) is 0.831. The van der Waals surface area contributed by atoms with E-state index in [1.54, 1.807) is 6.07 Å². The van der Waals surface area contributed by atoms with Gasteiger partial charge in [0.25, 0.3) is 5.91 Å². The van der Waals surface area contributed by atoms with Crippen molar-refractivity contribution in [3.8, 4) is 0 Å². The highest BCUT2D eigenvalue weighted by Gasteiger charge is 2.12. The van der Waals surface area contributed by atoms with Crippen LogP contribution in [0.15, 0.2) is 18.2 Å². The molecule has 0 saturated heterocycles. The van der Waals surface area contributed by atoms with E-state index in [1.807, 2.05) is 19.1 Å². The van der Waals surface area contributed by atoms with Gasteiger partial charge >= 0.3 is 0 Å². The average Bonchev–Trinajstić information content (AvgIpc) is 2.76. The molecule has 0 bridgehead atoms. The number of carbonyl (C=O) groups excluding carboxylic acids is 1. The Bertz CT molecular complexity index is 609. The molecule has 20 heavy (non-hydrogen) atoms. The number of hydrogen-bond donors (Lipinski definition) is 2. The van der Waals surface area contributed by atoms with Crippen LogP contribution in [0.5, 0.6) is 0 Å². The SMILES string of the molecule is CC(C)C(C)OCC(=O)Nc1nc2ccc(N)cc2s1. The van der Waals surface area contributed by atoms with E-state index in [4.69, 9.17) is 10.5 Å². The van der Waals surface area contributed by atoms with Crippen molar-refractivity contribution in [2.45, 2.75) is 26.9 Å². The summed E-state index contributed by atoms with van der Waals surface area (Å²) in [5, 5.41) is 3.31. The molecule has 0 aliphatic heterocycles. The lowest BCUT2D eigenvalue weighted by atomic mass is 10.1. The van der Waals surface area contributed by atoms with Crippen molar-refractivity contribution < 1.29 is 9.53 Å². The first-order chi connectivity index (χ1) is 9.45. The van der Waals surface area contributed by atoms with Crippen LogP contribution in [-0.2, 0) is 9.53 Å². The maximum atomic E-state index is 11.8. The van der Waals surface area contributed by atoms with Crippen LogP contribution >= 0.6 is 11.3 Å². The third-order valence-corrected chi connectivity index (χ3v) is 4.01. The van der Waals surface area contributed by atoms with Crippen molar-refractivity contribution >= 4 is 38.3 Å². The largest absolute Gasteiger partial charge is 0.399 e. The van der Waals surface area contributed by atoms with Crippen LogP contribution in [0.25, 0.3) is 10.2 Å². The smallest absolute Gasteiger partial charge is 0.252 e. The van der Waals surface area contributed by atoms with Crippen LogP contribution < -0.4 is 11.1 Å². The summed E-state index contributed by atoms with van der Waals surface area (Å²) in [4.78, 5) is 16.1. The normalized spacial score (nSPS) is 12.8. The molecule has 1 heterocycles. The number of thiazole rings is 1. The number of nitrogens with one attached hydrogen (secondary N) is 1. The maximum absolute atomic E-state index is 11.8. The number of aromatic nitrogens is 1. The Labute approximate surface area is 122 Å². The number of anilines is 2. The summed E-state index contributed by atoms with van der Waals surface area (Å²) < 4.78 is 6.43. The van der Waals surface area contributed by atoms with Crippen molar-refractivity contribution in [1.29, 1.82) is 0 Å². The lowest BCUT2D eigenvalue weighted by Gasteiger charge is -2.15. The van der Waals surface area contributed by atoms with Crippen molar-refractivity contribution in [3.05, 3.63) is 18.2 Å². The van der Waals surface area contributed by atoms with Gasteiger partial charge in [-0.3, -0.25) is 10.1 Å². The van der Waals surface area contributed by atoms with E-state index in [-0.39, 0.29) is 18.6 Å². The Hall–Kier alpha value is -1.66. The van der Waals surface area contributed by atoms with E-state index in [1.165, 1.54) is 11.3 Å². The highest BCUT2D eigenvalue weighted by Crippen LogP contribution is 2.27. The molecule has 3 N–H and O–H groups in total. The summed E-state index contributed by atoms with van der Waals surface area (Å²) >= 11 is 1.40. The predicted molar refractivity (Wildman–Crippen MR) is 82.9 cm³/mol. The van der Waals surface area contributed by atoms with Crippen LogP contribution in [0.2, 0.25) is 0 Å². The van der Waals surface area contributed by atoms with E-state index < -0.39 is 0 Å². The predicted octanol–water partition coefficient (Wildman–Crippen LogP) is 2.88. The molecule has 0 radical (unpaired) electrons. The molecule has 1 aromatic heterocycles. The lowest BCUT2D eigenvalue weighted by Crippen LogP contribution is -2.24. The number of hydrogen-bond acceptors (Lipinski definition) is 5. The molecule has 5 nitrogen and oxygen atoms in total. The zero-order chi connectivity index (χ0) is 14.7. The van der Waals surface area contributed by atoms with Crippen LogP contribution in [-0.4, -0.2) is 23.6 Å². The molecule has 1 amide bonds. The number of nitrogens with two attached hydrogens (primary N) is 1. The van der Waals surface area contributed by atoms with Gasteiger partial charge in [0.1, 0.15) is 6.61 Å². The molecule has 1 aromatic carbocycles. The minimum Gasteiger partial charge on any atom is -0.399 e. The molecular formula is C14H19N3O2S. The molecule has 2 rings (SSSR count). The highest BCUT2D eigenvalue weighted by atomic mass is 32.1. The number of nitrogens with zero attached hydrogens (tertiary/aromatic N) is 1. The topological polar surface area (TPSA) is 77.2 Å². The molecule has 0 aliphatic rings. The van der Waals surface area contributed by atoms with E-state index in [0.29, 0.717) is 16.7 Å². The van der Waals surface area contributed by atoms with Crippen molar-refractivity contribution in [3.63, 3.8) is 0 Å². The first kappa shape index (κ1) is 14.7. The fourth-order valence-electron chi connectivity index (χ4n) is 1.55. The van der Waals surface area contributed by atoms with Gasteiger partial charge in [-0.25, -0.2) is 4.98 Å². The van der Waals surface area contributed by atoms with Crippen LogP contribution in [0.3, 0.4) is 0 Å². The first-order valence-electron chi connectivity index (χ1n) is 6.53. The van der Waals surface area contributed by atoms with Gasteiger partial charge in [-0.05, 0) is 31.0 Å². The molecule has 1 unspecified atom stereocenters. The average molecular weight is 293 g/mol. The molecule has 108 valence electrons. The van der Waals surface area contributed by atoms with Crippen LogP contribution in [0.4, 0.5) is 10.8 Å². The zero-order valence-electron chi connectivity index (χ0n) is 11.8. The Morgan fingerprint density at radius 3 is 2.90 bits per heavy atom. The fraction of sp³-hybridized carbons (Fsp3) is 0.429. The van der Waals surface area contributed by atoms with Gasteiger partial charge in [-0.15, -0.1) is 0 Å². The number of nitrogen functional groups attached to an aromatic ring is 1. The van der Waals surface area contributed by atoms with Crippen molar-refractivity contribution in [1.82, 2.24) is 4.98 Å². The molecule has 0 saturated carbocycles. The number of rotatable bonds is 5. The lowest BCUT2D eigenvalue weighted by molar-refractivity contribution is -0.123. The van der Waals surface area contributed by atoms with Crippen LogP contribution in [0, 0.1) is 5.92 Å². The minimum atomic E-state index is -0.190. The fourth-order valence-corrected chi connectivity index (χ4v) is 2.48. The highest BCUT2D eigenvalue weighted by molar-refractivity contribution is 7.22. The maximum Gasteiger partial charge on any atom is 0.252 e. The van der Waals surface area contributed by atoms with Gasteiger partial charge < -0.3 is 10.5 Å². The zero-order valence-corrected chi connectivity index (χ0v) is 12.7. The number of benzene rings is 1. The molecule has 0 spiro atoms. The minimum absolute atomic E-state index is 0.0391. The summed E-state index contributed by atoms with van der Waals surface area (Å²) in [6.45, 7) is 6.11. The number of amides is 1. The van der Waals surface area contributed by atoms with Gasteiger partial charge in [0, 0.05) is 5.69 Å². The number of carbonyl (C=O) groups is 1. The molecule has 0 fully saturated rings. The molecule has 1 atom stereocenters. The summed E-state index contributed by atoms with van der Waals surface area (Å²) in [6, 6.07) is 5.48. The Kier molecular flexibility index (Phi) is 4.57. The van der Waals surface area contributed by atoms with Gasteiger partial charge in [0.05, 0.1) is 16.3 Å². The third-order valence-electron chi connectivity index (χ3n) is 3.07. The summed E-state index contributed by atoms with van der Waals surface area (Å²) in [5.74, 6) is 0.192. The third kappa shape index (κ3) is 3.68. The van der Waals surface area contributed by atoms with Gasteiger partial charge in [-0.1, -0.05) is 25.2 Å². The van der Waals surface area contributed by atoms with Gasteiger partial charge in [-0.2, -0.15) is 0 Å². The van der Waals surface area contributed by atoms with E-state index in [0.717, 1.165) is 10.2 Å². The summed E-state index contributed by atoms with van der Waals surface area (Å²) in [6.07, 6.45) is 0.0518. The molecule has 0 aliphatic carbocycles. The monoisotopic (exact) mass is 293 g/mol. The van der Waals surface area contributed by atoms with Crippen LogP contribution in [0.1, 0.15) is 20.8 Å². The Balaban J connectivity index is 1.96. The molecular weight excluding hydrogens is 274 g/mol. The van der Waals surface area contributed by atoms with Gasteiger partial charge in [0.2, 0.25) is 0 Å². The van der Waals surface area contributed by atoms with Gasteiger partial charge in [0.15, 0.2) is 5.13 Å². The van der Waals surface area contributed by atoms with Crippen molar-refractivity contribution in [2.24, 2.45) is 5.92 Å². The first-order valence-corrected chi connectivity index (χ1v) is 7.35.